The van der Waals surface area contributed by atoms with Gasteiger partial charge in [0, 0.05) is 46.0 Å². The first-order valence-corrected chi connectivity index (χ1v) is 11.1. The first-order chi connectivity index (χ1) is 17.6. The molecular weight excluding hydrogens is 448 g/mol. The fourth-order valence-electron chi connectivity index (χ4n) is 3.47. The monoisotopic (exact) mass is 470 g/mol. The molecule has 0 aliphatic carbocycles. The molecule has 1 amide bonds. The quantitative estimate of drug-likeness (QED) is 0.224. The van der Waals surface area contributed by atoms with Crippen LogP contribution in [-0.2, 0) is 0 Å². The zero-order valence-corrected chi connectivity index (χ0v) is 19.5. The average molecular weight is 471 g/mol. The lowest BCUT2D eigenvalue weighted by molar-refractivity contribution is 0.102. The number of pyridine rings is 1. The van der Waals surface area contributed by atoms with E-state index in [0.29, 0.717) is 22.5 Å². The number of allylic oxidation sites excluding steroid dienone is 2. The van der Waals surface area contributed by atoms with E-state index < -0.39 is 0 Å². The average Bonchev–Trinajstić information content (AvgIpc) is 2.90. The van der Waals surface area contributed by atoms with E-state index in [1.165, 1.54) is 0 Å². The minimum atomic E-state index is -0.214. The third-order valence-corrected chi connectivity index (χ3v) is 5.22. The number of fused-ring (bicyclic) bond motifs is 1. The molecule has 174 valence electrons. The van der Waals surface area contributed by atoms with Crippen LogP contribution in [0.5, 0.6) is 0 Å². The third kappa shape index (κ3) is 5.93. The highest BCUT2D eigenvalue weighted by Gasteiger charge is 2.08. The molecule has 0 bridgehead atoms. The largest absolute Gasteiger partial charge is 0.359 e. The molecule has 3 aromatic carbocycles. The summed E-state index contributed by atoms with van der Waals surface area (Å²) in [6, 6.07) is 28.1. The van der Waals surface area contributed by atoms with E-state index in [2.05, 4.69) is 38.0 Å². The molecule has 0 aliphatic rings. The Morgan fingerprint density at radius 1 is 0.944 bits per heavy atom. The Bertz CT molecular complexity index is 1540. The van der Waals surface area contributed by atoms with E-state index in [0.717, 1.165) is 28.1 Å². The Kier molecular flexibility index (Phi) is 7.35. The number of terminal acetylenes is 1. The minimum absolute atomic E-state index is 0.214. The van der Waals surface area contributed by atoms with E-state index in [1.54, 1.807) is 30.5 Å². The second-order valence-electron chi connectivity index (χ2n) is 7.80. The molecule has 4 aromatic rings. The third-order valence-electron chi connectivity index (χ3n) is 5.22. The maximum absolute atomic E-state index is 12.7. The Labute approximate surface area is 209 Å². The van der Waals surface area contributed by atoms with Crippen LogP contribution in [0.2, 0.25) is 0 Å². The normalized spacial score (nSPS) is 11.0. The van der Waals surface area contributed by atoms with Gasteiger partial charge in [-0.2, -0.15) is 5.26 Å². The molecule has 0 atom stereocenters. The van der Waals surface area contributed by atoms with Crippen molar-refractivity contribution in [2.24, 2.45) is 4.99 Å². The van der Waals surface area contributed by atoms with Crippen LogP contribution >= 0.6 is 0 Å². The van der Waals surface area contributed by atoms with Crippen molar-refractivity contribution in [2.75, 3.05) is 16.0 Å². The van der Waals surface area contributed by atoms with Crippen molar-refractivity contribution in [1.29, 1.82) is 5.26 Å². The van der Waals surface area contributed by atoms with E-state index in [9.17, 15) is 4.79 Å². The first-order valence-electron chi connectivity index (χ1n) is 11.1. The number of hydrogen-bond donors (Lipinski definition) is 3. The van der Waals surface area contributed by atoms with Crippen molar-refractivity contribution in [3.05, 3.63) is 102 Å². The van der Waals surface area contributed by atoms with Gasteiger partial charge in [0.25, 0.3) is 5.91 Å². The number of rotatable bonds is 7. The van der Waals surface area contributed by atoms with Crippen LogP contribution in [0.4, 0.5) is 22.7 Å². The molecule has 0 aliphatic heterocycles. The zero-order chi connectivity index (χ0) is 25.3. The van der Waals surface area contributed by atoms with Gasteiger partial charge in [0.2, 0.25) is 0 Å². The lowest BCUT2D eigenvalue weighted by atomic mass is 10.1. The molecule has 0 saturated heterocycles. The number of aliphatic imine (C=N–C) groups is 1. The van der Waals surface area contributed by atoms with Crippen molar-refractivity contribution in [2.45, 2.75) is 6.92 Å². The van der Waals surface area contributed by atoms with Gasteiger partial charge in [0.05, 0.1) is 11.2 Å². The van der Waals surface area contributed by atoms with Crippen molar-refractivity contribution < 1.29 is 4.79 Å². The highest BCUT2D eigenvalue weighted by molar-refractivity contribution is 6.04. The molecule has 0 unspecified atom stereocenters. The Balaban J connectivity index is 1.40. The minimum Gasteiger partial charge on any atom is -0.359 e. The summed E-state index contributed by atoms with van der Waals surface area (Å²) in [5.74, 6) is -0.214. The molecule has 3 N–H and O–H groups in total. The van der Waals surface area contributed by atoms with Crippen molar-refractivity contribution in [1.82, 2.24) is 4.98 Å². The summed E-state index contributed by atoms with van der Waals surface area (Å²) in [7, 11) is 0. The number of aromatic nitrogens is 1. The lowest BCUT2D eigenvalue weighted by Gasteiger charge is -2.11. The number of nitrogens with zero attached hydrogens (tertiary/aromatic N) is 3. The summed E-state index contributed by atoms with van der Waals surface area (Å²) in [5.41, 5.74) is 5.60. The van der Waals surface area contributed by atoms with Gasteiger partial charge in [-0.1, -0.05) is 18.6 Å². The number of hydrogen-bond acceptors (Lipinski definition) is 6. The van der Waals surface area contributed by atoms with E-state index in [4.69, 9.17) is 11.7 Å². The highest BCUT2D eigenvalue weighted by Crippen LogP contribution is 2.25. The van der Waals surface area contributed by atoms with Crippen LogP contribution in [0.15, 0.2) is 95.6 Å². The smallest absolute Gasteiger partial charge is 0.255 e. The topological polar surface area (TPSA) is 102 Å². The maximum Gasteiger partial charge on any atom is 0.255 e. The Hall–Kier alpha value is -5.40. The number of amides is 1. The van der Waals surface area contributed by atoms with Crippen LogP contribution in [0.25, 0.3) is 10.9 Å². The fourth-order valence-corrected chi connectivity index (χ4v) is 3.47. The van der Waals surface area contributed by atoms with Crippen molar-refractivity contribution in [3.8, 4) is 18.5 Å². The second kappa shape index (κ2) is 11.1. The number of nitriles is 1. The first kappa shape index (κ1) is 23.7. The van der Waals surface area contributed by atoms with Crippen LogP contribution in [0.1, 0.15) is 23.0 Å². The van der Waals surface area contributed by atoms with Crippen molar-refractivity contribution in [3.63, 3.8) is 0 Å². The number of anilines is 4. The summed E-state index contributed by atoms with van der Waals surface area (Å²) in [6.07, 6.45) is 8.40. The standard InChI is InChI=1S/C29H22N6O/c1-3-31-18-17-20(2)32-23-13-15-25(16-14-23)35-29(36)22-8-10-24(11-9-22)33-27-6-4-5-21-7-12-26(19-30)34-28(21)27/h1,4-18,32-33H,2H3,(H,35,36)/b20-17+,31-18?. The number of benzene rings is 3. The molecule has 7 heteroatoms. The number of para-hydroxylation sites is 1. The summed E-state index contributed by atoms with van der Waals surface area (Å²) in [4.78, 5) is 20.8. The van der Waals surface area contributed by atoms with Gasteiger partial charge in [-0.05, 0) is 79.7 Å². The molecule has 0 saturated carbocycles. The van der Waals surface area contributed by atoms with E-state index >= 15 is 0 Å². The van der Waals surface area contributed by atoms with Crippen LogP contribution < -0.4 is 16.0 Å². The van der Waals surface area contributed by atoms with Gasteiger partial charge in [-0.3, -0.25) is 4.79 Å². The summed E-state index contributed by atoms with van der Waals surface area (Å²) in [5, 5.41) is 19.5. The van der Waals surface area contributed by atoms with Crippen LogP contribution in [-0.4, -0.2) is 17.1 Å². The molecule has 1 heterocycles. The Morgan fingerprint density at radius 3 is 2.33 bits per heavy atom. The van der Waals surface area contributed by atoms with Crippen LogP contribution in [0, 0.1) is 23.8 Å². The Morgan fingerprint density at radius 2 is 1.64 bits per heavy atom. The van der Waals surface area contributed by atoms with Crippen LogP contribution in [0.3, 0.4) is 0 Å². The maximum atomic E-state index is 12.7. The lowest BCUT2D eigenvalue weighted by Crippen LogP contribution is -2.11. The molecule has 4 rings (SSSR count). The van der Waals surface area contributed by atoms with Gasteiger partial charge >= 0.3 is 0 Å². The second-order valence-corrected chi connectivity index (χ2v) is 7.80. The summed E-state index contributed by atoms with van der Waals surface area (Å²) < 4.78 is 0. The molecule has 0 fully saturated rings. The van der Waals surface area contributed by atoms with Gasteiger partial charge < -0.3 is 16.0 Å². The van der Waals surface area contributed by atoms with E-state index in [1.807, 2.05) is 67.6 Å². The molecular formula is C29H22N6O. The van der Waals surface area contributed by atoms with Gasteiger partial charge in [0.15, 0.2) is 0 Å². The highest BCUT2D eigenvalue weighted by atomic mass is 16.1. The molecule has 1 aromatic heterocycles. The van der Waals surface area contributed by atoms with Gasteiger partial charge in [-0.15, -0.1) is 0 Å². The number of nitrogens with one attached hydrogen (secondary N) is 3. The number of carbonyl (C=O) groups excluding carboxylic acids is 1. The SMILES string of the molecule is C#CN=C/C=C(\C)Nc1ccc(NC(=O)c2ccc(Nc3cccc4ccc(C#N)nc34)cc2)cc1. The predicted octanol–water partition coefficient (Wildman–Crippen LogP) is 6.08. The number of carbonyl (C=O) groups is 1. The molecule has 0 radical (unpaired) electrons. The fraction of sp³-hybridized carbons (Fsp3) is 0.0345. The van der Waals surface area contributed by atoms with Crippen molar-refractivity contribution >= 4 is 45.8 Å². The predicted molar refractivity (Wildman–Crippen MR) is 145 cm³/mol. The van der Waals surface area contributed by atoms with E-state index in [-0.39, 0.29) is 5.91 Å². The van der Waals surface area contributed by atoms with Gasteiger partial charge in [0.1, 0.15) is 11.8 Å². The van der Waals surface area contributed by atoms with Gasteiger partial charge in [-0.25, -0.2) is 9.98 Å². The molecule has 7 nitrogen and oxygen atoms in total. The summed E-state index contributed by atoms with van der Waals surface area (Å²) in [6.45, 7) is 1.90. The molecule has 36 heavy (non-hydrogen) atoms. The zero-order valence-electron chi connectivity index (χ0n) is 19.5. The summed E-state index contributed by atoms with van der Waals surface area (Å²) >= 11 is 0. The molecule has 0 spiro atoms.